The van der Waals surface area contributed by atoms with Crippen LogP contribution < -0.4 is 5.32 Å². The molecule has 1 aromatic rings. The lowest BCUT2D eigenvalue weighted by molar-refractivity contribution is -0.137. The number of carbonyl (C=O) groups excluding carboxylic acids is 1. The molecule has 0 radical (unpaired) electrons. The molecule has 0 heterocycles. The molecule has 0 saturated heterocycles. The Bertz CT molecular complexity index is 535. The Morgan fingerprint density at radius 1 is 1.27 bits per heavy atom. The molecule has 1 amide bonds. The molecule has 2 rings (SSSR count). The SMILES string of the molecule is CC(CCC(=O)O)NC(=O)C1(c2ccc(F)cc2)CCCC1. The standard InChI is InChI=1S/C17H22FNO3/c1-12(4-9-15(20)21)19-16(22)17(10-2-3-11-17)13-5-7-14(18)8-6-13/h5-8,12H,2-4,9-11H2,1H3,(H,19,22)(H,20,21). The average molecular weight is 307 g/mol. The summed E-state index contributed by atoms with van der Waals surface area (Å²) in [6.45, 7) is 1.81. The Morgan fingerprint density at radius 2 is 1.86 bits per heavy atom. The molecule has 1 aliphatic carbocycles. The molecule has 1 unspecified atom stereocenters. The van der Waals surface area contributed by atoms with Gasteiger partial charge in [-0.1, -0.05) is 25.0 Å². The first-order valence-electron chi connectivity index (χ1n) is 7.73. The van der Waals surface area contributed by atoms with E-state index in [-0.39, 0.29) is 24.2 Å². The zero-order valence-electron chi connectivity index (χ0n) is 12.8. The van der Waals surface area contributed by atoms with Crippen molar-refractivity contribution in [2.75, 3.05) is 0 Å². The molecule has 2 N–H and O–H groups in total. The molecule has 0 aliphatic heterocycles. The van der Waals surface area contributed by atoms with Crippen molar-refractivity contribution >= 4 is 11.9 Å². The molecule has 5 heteroatoms. The predicted molar refractivity (Wildman–Crippen MR) is 81.0 cm³/mol. The monoisotopic (exact) mass is 307 g/mol. The zero-order valence-corrected chi connectivity index (χ0v) is 12.8. The number of amides is 1. The Kier molecular flexibility index (Phi) is 5.16. The predicted octanol–water partition coefficient (Wildman–Crippen LogP) is 3.01. The first-order valence-corrected chi connectivity index (χ1v) is 7.73. The number of halogens is 1. The zero-order chi connectivity index (χ0) is 16.2. The third kappa shape index (κ3) is 3.64. The Balaban J connectivity index is 2.11. The van der Waals surface area contributed by atoms with E-state index in [0.717, 1.165) is 31.2 Å². The van der Waals surface area contributed by atoms with Gasteiger partial charge in [-0.2, -0.15) is 0 Å². The molecule has 0 bridgehead atoms. The highest BCUT2D eigenvalue weighted by Crippen LogP contribution is 2.41. The molecule has 1 atom stereocenters. The van der Waals surface area contributed by atoms with E-state index in [1.165, 1.54) is 12.1 Å². The topological polar surface area (TPSA) is 66.4 Å². The highest BCUT2D eigenvalue weighted by molar-refractivity contribution is 5.88. The summed E-state index contributed by atoms with van der Waals surface area (Å²) in [6.07, 6.45) is 3.86. The molecule has 4 nitrogen and oxygen atoms in total. The maximum absolute atomic E-state index is 13.1. The minimum atomic E-state index is -0.866. The number of carboxylic acid groups (broad SMARTS) is 1. The summed E-state index contributed by atoms with van der Waals surface area (Å²) in [5, 5.41) is 11.6. The maximum Gasteiger partial charge on any atom is 0.303 e. The van der Waals surface area contributed by atoms with Gasteiger partial charge in [0.1, 0.15) is 5.82 Å². The van der Waals surface area contributed by atoms with Crippen LogP contribution in [0.15, 0.2) is 24.3 Å². The largest absolute Gasteiger partial charge is 0.481 e. The van der Waals surface area contributed by atoms with Crippen molar-refractivity contribution in [1.29, 1.82) is 0 Å². The van der Waals surface area contributed by atoms with E-state index in [9.17, 15) is 14.0 Å². The molecule has 0 aromatic heterocycles. The van der Waals surface area contributed by atoms with Crippen molar-refractivity contribution in [2.45, 2.75) is 56.9 Å². The van der Waals surface area contributed by atoms with Crippen LogP contribution in [0.25, 0.3) is 0 Å². The van der Waals surface area contributed by atoms with Crippen molar-refractivity contribution in [1.82, 2.24) is 5.32 Å². The average Bonchev–Trinajstić information content (AvgIpc) is 2.96. The molecule has 1 saturated carbocycles. The van der Waals surface area contributed by atoms with Crippen molar-refractivity contribution < 1.29 is 19.1 Å². The molecule has 1 fully saturated rings. The number of nitrogens with one attached hydrogen (secondary N) is 1. The summed E-state index contributed by atoms with van der Waals surface area (Å²) in [5.41, 5.74) is 0.236. The van der Waals surface area contributed by atoms with Crippen LogP contribution >= 0.6 is 0 Å². The molecule has 1 aliphatic rings. The quantitative estimate of drug-likeness (QED) is 0.849. The second kappa shape index (κ2) is 6.90. The van der Waals surface area contributed by atoms with Crippen molar-refractivity contribution in [3.05, 3.63) is 35.6 Å². The number of hydrogen-bond donors (Lipinski definition) is 2. The third-order valence-corrected chi connectivity index (χ3v) is 4.46. The van der Waals surface area contributed by atoms with E-state index in [1.807, 2.05) is 6.92 Å². The van der Waals surface area contributed by atoms with Crippen LogP contribution in [0.3, 0.4) is 0 Å². The number of hydrogen-bond acceptors (Lipinski definition) is 2. The number of carbonyl (C=O) groups is 2. The van der Waals surface area contributed by atoms with Gasteiger partial charge in [-0.15, -0.1) is 0 Å². The first-order chi connectivity index (χ1) is 10.4. The van der Waals surface area contributed by atoms with Crippen LogP contribution in [-0.2, 0) is 15.0 Å². The molecular formula is C17H22FNO3. The molecule has 120 valence electrons. The minimum Gasteiger partial charge on any atom is -0.481 e. The summed E-state index contributed by atoms with van der Waals surface area (Å²) in [4.78, 5) is 23.4. The van der Waals surface area contributed by atoms with Crippen LogP contribution in [0.2, 0.25) is 0 Å². The van der Waals surface area contributed by atoms with Crippen molar-refractivity contribution in [2.24, 2.45) is 0 Å². The van der Waals surface area contributed by atoms with Gasteiger partial charge in [0.05, 0.1) is 5.41 Å². The van der Waals surface area contributed by atoms with Gasteiger partial charge in [-0.25, -0.2) is 4.39 Å². The Labute approximate surface area is 129 Å². The number of aliphatic carboxylic acids is 1. The Morgan fingerprint density at radius 3 is 2.41 bits per heavy atom. The van der Waals surface area contributed by atoms with Gasteiger partial charge in [0.2, 0.25) is 5.91 Å². The Hall–Kier alpha value is -1.91. The molecule has 22 heavy (non-hydrogen) atoms. The maximum atomic E-state index is 13.1. The number of rotatable bonds is 6. The third-order valence-electron chi connectivity index (χ3n) is 4.46. The van der Waals surface area contributed by atoms with Gasteiger partial charge in [0, 0.05) is 12.5 Å². The first kappa shape index (κ1) is 16.5. The van der Waals surface area contributed by atoms with E-state index in [1.54, 1.807) is 12.1 Å². The van der Waals surface area contributed by atoms with Crippen molar-refractivity contribution in [3.63, 3.8) is 0 Å². The summed E-state index contributed by atoms with van der Waals surface area (Å²) in [7, 11) is 0. The fourth-order valence-corrected chi connectivity index (χ4v) is 3.17. The van der Waals surface area contributed by atoms with Crippen LogP contribution in [0, 0.1) is 5.82 Å². The number of carboxylic acids is 1. The molecular weight excluding hydrogens is 285 g/mol. The van der Waals surface area contributed by atoms with Gasteiger partial charge in [-0.05, 0) is 43.9 Å². The van der Waals surface area contributed by atoms with E-state index >= 15 is 0 Å². The van der Waals surface area contributed by atoms with Crippen LogP contribution in [-0.4, -0.2) is 23.0 Å². The van der Waals surface area contributed by atoms with Gasteiger partial charge in [0.15, 0.2) is 0 Å². The summed E-state index contributed by atoms with van der Waals surface area (Å²) < 4.78 is 13.1. The second-order valence-corrected chi connectivity index (χ2v) is 6.10. The smallest absolute Gasteiger partial charge is 0.303 e. The van der Waals surface area contributed by atoms with Gasteiger partial charge in [-0.3, -0.25) is 9.59 Å². The number of benzene rings is 1. The second-order valence-electron chi connectivity index (χ2n) is 6.10. The normalized spacial score (nSPS) is 17.9. The van der Waals surface area contributed by atoms with E-state index in [4.69, 9.17) is 5.11 Å². The van der Waals surface area contributed by atoms with Crippen LogP contribution in [0.1, 0.15) is 51.0 Å². The molecule has 1 aromatic carbocycles. The minimum absolute atomic E-state index is 0.0327. The highest BCUT2D eigenvalue weighted by Gasteiger charge is 2.42. The van der Waals surface area contributed by atoms with Gasteiger partial charge < -0.3 is 10.4 Å². The van der Waals surface area contributed by atoms with E-state index in [2.05, 4.69) is 5.32 Å². The highest BCUT2D eigenvalue weighted by atomic mass is 19.1. The summed E-state index contributed by atoms with van der Waals surface area (Å²) in [5.74, 6) is -1.25. The summed E-state index contributed by atoms with van der Waals surface area (Å²) >= 11 is 0. The lowest BCUT2D eigenvalue weighted by Crippen LogP contribution is -2.46. The van der Waals surface area contributed by atoms with E-state index < -0.39 is 11.4 Å². The van der Waals surface area contributed by atoms with Gasteiger partial charge in [0.25, 0.3) is 0 Å². The molecule has 0 spiro atoms. The fraction of sp³-hybridized carbons (Fsp3) is 0.529. The lowest BCUT2D eigenvalue weighted by atomic mass is 9.77. The lowest BCUT2D eigenvalue weighted by Gasteiger charge is -2.30. The van der Waals surface area contributed by atoms with Gasteiger partial charge >= 0.3 is 5.97 Å². The van der Waals surface area contributed by atoms with Crippen LogP contribution in [0.4, 0.5) is 4.39 Å². The van der Waals surface area contributed by atoms with Crippen molar-refractivity contribution in [3.8, 4) is 0 Å². The fourth-order valence-electron chi connectivity index (χ4n) is 3.17. The van der Waals surface area contributed by atoms with Crippen LogP contribution in [0.5, 0.6) is 0 Å². The van der Waals surface area contributed by atoms with E-state index in [0.29, 0.717) is 6.42 Å². The summed E-state index contributed by atoms with van der Waals surface area (Å²) in [6, 6.07) is 5.94.